The van der Waals surface area contributed by atoms with Crippen molar-refractivity contribution in [1.82, 2.24) is 14.7 Å². The van der Waals surface area contributed by atoms with Crippen molar-refractivity contribution in [3.8, 4) is 5.69 Å². The molecule has 0 spiro atoms. The second-order valence-corrected chi connectivity index (χ2v) is 7.36. The van der Waals surface area contributed by atoms with Gasteiger partial charge in [0.05, 0.1) is 17.4 Å². The van der Waals surface area contributed by atoms with E-state index in [1.54, 1.807) is 30.1 Å². The molecule has 1 aliphatic heterocycles. The number of halogens is 1. The van der Waals surface area contributed by atoms with Gasteiger partial charge in [0, 0.05) is 45.7 Å². The summed E-state index contributed by atoms with van der Waals surface area (Å²) in [6.07, 6.45) is 7.91. The molecule has 3 atom stereocenters. The van der Waals surface area contributed by atoms with Crippen molar-refractivity contribution in [3.05, 3.63) is 48.0 Å². The highest BCUT2D eigenvalue weighted by atomic mass is 19.1. The smallest absolute Gasteiger partial charge is 0.123 e. The average molecular weight is 359 g/mol. The molecule has 0 amide bonds. The normalized spacial score (nSPS) is 29.0. The van der Waals surface area contributed by atoms with Crippen LogP contribution < -0.4 is 0 Å². The second-order valence-electron chi connectivity index (χ2n) is 7.36. The maximum absolute atomic E-state index is 14.0. The van der Waals surface area contributed by atoms with Gasteiger partial charge in [0.1, 0.15) is 5.82 Å². The van der Waals surface area contributed by atoms with Crippen LogP contribution in [-0.4, -0.2) is 53.2 Å². The Morgan fingerprint density at radius 3 is 2.92 bits per heavy atom. The largest absolute Gasteiger partial charge is 0.381 e. The number of likely N-dealkylation sites (tertiary alicyclic amines) is 1. The molecule has 26 heavy (non-hydrogen) atoms. The molecule has 0 bridgehead atoms. The van der Waals surface area contributed by atoms with Crippen LogP contribution >= 0.6 is 0 Å². The van der Waals surface area contributed by atoms with Gasteiger partial charge in [0.2, 0.25) is 0 Å². The molecule has 2 aliphatic rings. The Morgan fingerprint density at radius 1 is 1.31 bits per heavy atom. The minimum atomic E-state index is -0.216. The summed E-state index contributed by atoms with van der Waals surface area (Å²) in [6, 6.07) is 7.09. The van der Waals surface area contributed by atoms with Crippen LogP contribution in [0.1, 0.15) is 31.2 Å². The van der Waals surface area contributed by atoms with Crippen molar-refractivity contribution in [2.24, 2.45) is 0 Å². The first kappa shape index (κ1) is 17.6. The minimum absolute atomic E-state index is 0.103. The van der Waals surface area contributed by atoms with Gasteiger partial charge in [-0.15, -0.1) is 0 Å². The first-order valence-corrected chi connectivity index (χ1v) is 9.25. The van der Waals surface area contributed by atoms with Crippen molar-refractivity contribution in [1.29, 1.82) is 0 Å². The molecule has 1 saturated carbocycles. The Bertz CT molecular complexity index is 752. The van der Waals surface area contributed by atoms with E-state index in [1.807, 2.05) is 19.4 Å². The molecule has 6 heteroatoms. The van der Waals surface area contributed by atoms with Gasteiger partial charge < -0.3 is 9.47 Å². The van der Waals surface area contributed by atoms with Crippen LogP contribution in [-0.2, 0) is 16.0 Å². The number of nitrogens with zero attached hydrogens (tertiary/aromatic N) is 3. The topological polar surface area (TPSA) is 39.5 Å². The SMILES string of the molecule is CO[C@@H]1CC[C@]2(OC)CCN(Cc3cc(F)ccc3-n3cccn3)[C@@H]2C1. The van der Waals surface area contributed by atoms with E-state index < -0.39 is 0 Å². The van der Waals surface area contributed by atoms with E-state index in [2.05, 4.69) is 10.00 Å². The fraction of sp³-hybridized carbons (Fsp3) is 0.550. The first-order chi connectivity index (χ1) is 12.6. The highest BCUT2D eigenvalue weighted by molar-refractivity contribution is 5.41. The molecule has 0 N–H and O–H groups in total. The van der Waals surface area contributed by atoms with E-state index in [1.165, 1.54) is 6.07 Å². The molecule has 2 aromatic rings. The van der Waals surface area contributed by atoms with Crippen LogP contribution in [0.4, 0.5) is 4.39 Å². The van der Waals surface area contributed by atoms with E-state index in [-0.39, 0.29) is 17.5 Å². The van der Waals surface area contributed by atoms with Gasteiger partial charge in [-0.1, -0.05) is 0 Å². The first-order valence-electron chi connectivity index (χ1n) is 9.25. The highest BCUT2D eigenvalue weighted by Gasteiger charge is 2.51. The summed E-state index contributed by atoms with van der Waals surface area (Å²) < 4.78 is 27.4. The fourth-order valence-electron chi connectivity index (χ4n) is 4.69. The molecule has 4 rings (SSSR count). The quantitative estimate of drug-likeness (QED) is 0.822. The number of benzene rings is 1. The van der Waals surface area contributed by atoms with Crippen LogP contribution in [0.25, 0.3) is 5.69 Å². The lowest BCUT2D eigenvalue weighted by atomic mass is 9.79. The number of fused-ring (bicyclic) bond motifs is 1. The highest BCUT2D eigenvalue weighted by Crippen LogP contribution is 2.43. The zero-order valence-electron chi connectivity index (χ0n) is 15.4. The molecule has 1 aliphatic carbocycles. The number of rotatable bonds is 5. The third-order valence-corrected chi connectivity index (χ3v) is 6.15. The zero-order chi connectivity index (χ0) is 18.1. The van der Waals surface area contributed by atoms with Crippen LogP contribution in [0.3, 0.4) is 0 Å². The average Bonchev–Trinajstić information content (AvgIpc) is 3.30. The van der Waals surface area contributed by atoms with Crippen molar-refractivity contribution in [3.63, 3.8) is 0 Å². The molecule has 2 heterocycles. The lowest BCUT2D eigenvalue weighted by Gasteiger charge is -2.43. The molecule has 0 unspecified atom stereocenters. The standard InChI is InChI=1S/C20H26FN3O2/c1-25-17-6-7-20(26-2)8-11-23(19(20)13-17)14-15-12-16(21)4-5-18(15)24-10-3-9-22-24/h3-5,9-10,12,17,19H,6-8,11,13-14H2,1-2H3/t17-,19-,20+/m1/s1. The zero-order valence-corrected chi connectivity index (χ0v) is 15.4. The summed E-state index contributed by atoms with van der Waals surface area (Å²) in [5.74, 6) is -0.216. The van der Waals surface area contributed by atoms with Crippen LogP contribution in [0.2, 0.25) is 0 Å². The molecular weight excluding hydrogens is 333 g/mol. The number of aromatic nitrogens is 2. The van der Waals surface area contributed by atoms with E-state index >= 15 is 0 Å². The van der Waals surface area contributed by atoms with Crippen LogP contribution in [0, 0.1) is 5.82 Å². The predicted octanol–water partition coefficient (Wildman–Crippen LogP) is 3.17. The lowest BCUT2D eigenvalue weighted by Crippen LogP contribution is -2.51. The fourth-order valence-corrected chi connectivity index (χ4v) is 4.69. The van der Waals surface area contributed by atoms with Gasteiger partial charge in [0.15, 0.2) is 0 Å². The molecule has 1 aromatic carbocycles. The van der Waals surface area contributed by atoms with Gasteiger partial charge in [-0.25, -0.2) is 9.07 Å². The Morgan fingerprint density at radius 2 is 2.19 bits per heavy atom. The number of hydrogen-bond donors (Lipinski definition) is 0. The Hall–Kier alpha value is -1.76. The molecule has 5 nitrogen and oxygen atoms in total. The van der Waals surface area contributed by atoms with Crippen molar-refractivity contribution in [2.75, 3.05) is 20.8 Å². The number of ether oxygens (including phenoxy) is 2. The predicted molar refractivity (Wildman–Crippen MR) is 96.7 cm³/mol. The van der Waals surface area contributed by atoms with Crippen LogP contribution in [0.15, 0.2) is 36.7 Å². The Labute approximate surface area is 153 Å². The number of hydrogen-bond acceptors (Lipinski definition) is 4. The maximum atomic E-state index is 14.0. The summed E-state index contributed by atoms with van der Waals surface area (Å²) in [5.41, 5.74) is 1.76. The maximum Gasteiger partial charge on any atom is 0.123 e. The second kappa shape index (κ2) is 7.10. The van der Waals surface area contributed by atoms with Gasteiger partial charge >= 0.3 is 0 Å². The summed E-state index contributed by atoms with van der Waals surface area (Å²) in [5, 5.41) is 4.32. The molecule has 1 saturated heterocycles. The van der Waals surface area contributed by atoms with Gasteiger partial charge in [0.25, 0.3) is 0 Å². The van der Waals surface area contributed by atoms with E-state index in [9.17, 15) is 4.39 Å². The lowest BCUT2D eigenvalue weighted by molar-refractivity contribution is -0.0947. The van der Waals surface area contributed by atoms with Crippen LogP contribution in [0.5, 0.6) is 0 Å². The third kappa shape index (κ3) is 3.06. The van der Waals surface area contributed by atoms with Crippen molar-refractivity contribution in [2.45, 2.75) is 50.0 Å². The molecular formula is C20H26FN3O2. The van der Waals surface area contributed by atoms with Gasteiger partial charge in [-0.2, -0.15) is 5.10 Å². The van der Waals surface area contributed by atoms with E-state index in [0.717, 1.165) is 43.5 Å². The Balaban J connectivity index is 1.62. The van der Waals surface area contributed by atoms with E-state index in [0.29, 0.717) is 12.6 Å². The molecule has 0 radical (unpaired) electrons. The molecule has 1 aromatic heterocycles. The van der Waals surface area contributed by atoms with Crippen molar-refractivity contribution >= 4 is 0 Å². The summed E-state index contributed by atoms with van der Waals surface area (Å²) in [4.78, 5) is 2.43. The third-order valence-electron chi connectivity index (χ3n) is 6.15. The van der Waals surface area contributed by atoms with Gasteiger partial charge in [-0.05, 0) is 55.5 Å². The molecule has 2 fully saturated rings. The van der Waals surface area contributed by atoms with E-state index in [4.69, 9.17) is 9.47 Å². The monoisotopic (exact) mass is 359 g/mol. The summed E-state index contributed by atoms with van der Waals surface area (Å²) in [7, 11) is 3.60. The number of methoxy groups -OCH3 is 2. The summed E-state index contributed by atoms with van der Waals surface area (Å²) in [6.45, 7) is 1.63. The minimum Gasteiger partial charge on any atom is -0.381 e. The Kier molecular flexibility index (Phi) is 4.82. The van der Waals surface area contributed by atoms with Crippen molar-refractivity contribution < 1.29 is 13.9 Å². The molecule has 140 valence electrons. The summed E-state index contributed by atoms with van der Waals surface area (Å²) >= 11 is 0. The van der Waals surface area contributed by atoms with Gasteiger partial charge in [-0.3, -0.25) is 4.90 Å².